The molecule has 2 heterocycles. The zero-order chi connectivity index (χ0) is 18.9. The zero-order valence-corrected chi connectivity index (χ0v) is 15.6. The van der Waals surface area contributed by atoms with Gasteiger partial charge in [-0.05, 0) is 32.4 Å². The molecule has 1 aromatic carbocycles. The predicted molar refractivity (Wildman–Crippen MR) is 97.6 cm³/mol. The van der Waals surface area contributed by atoms with E-state index in [1.165, 1.54) is 11.8 Å². The summed E-state index contributed by atoms with van der Waals surface area (Å²) >= 11 is 0. The van der Waals surface area contributed by atoms with Gasteiger partial charge in [0.2, 0.25) is 0 Å². The van der Waals surface area contributed by atoms with Crippen LogP contribution in [-0.4, -0.2) is 60.4 Å². The Bertz CT molecular complexity index is 901. The number of amides is 1. The van der Waals surface area contributed by atoms with E-state index in [0.29, 0.717) is 13.0 Å². The largest absolute Gasteiger partial charge is 0.448 e. The molecule has 2 aromatic rings. The van der Waals surface area contributed by atoms with Gasteiger partial charge in [0.25, 0.3) is 5.91 Å². The number of nitrogens with one attached hydrogen (secondary N) is 1. The summed E-state index contributed by atoms with van der Waals surface area (Å²) in [5, 5.41) is 0.879. The number of sulfone groups is 1. The van der Waals surface area contributed by atoms with Crippen molar-refractivity contribution in [1.82, 2.24) is 9.88 Å². The molecule has 1 fully saturated rings. The number of hydrogen-bond donors (Lipinski definition) is 1. The maximum atomic E-state index is 12.7. The monoisotopic (exact) mass is 378 g/mol. The summed E-state index contributed by atoms with van der Waals surface area (Å²) in [5.41, 5.74) is 1.09. The molecule has 140 valence electrons. The lowest BCUT2D eigenvalue weighted by Gasteiger charge is -2.29. The average Bonchev–Trinajstić information content (AvgIpc) is 3.18. The first kappa shape index (κ1) is 18.4. The molecule has 0 radical (unpaired) electrons. The van der Waals surface area contributed by atoms with Gasteiger partial charge < -0.3 is 14.6 Å². The van der Waals surface area contributed by atoms with E-state index in [0.717, 1.165) is 10.9 Å². The normalized spacial score (nSPS) is 20.0. The van der Waals surface area contributed by atoms with Crippen molar-refractivity contribution in [2.45, 2.75) is 32.4 Å². The van der Waals surface area contributed by atoms with E-state index in [1.807, 2.05) is 24.3 Å². The number of likely N-dealkylation sites (N-methyl/N-ethyl adjacent to an activating group) is 1. The Hall–Kier alpha value is -2.35. The van der Waals surface area contributed by atoms with Gasteiger partial charge in [0.05, 0.1) is 11.5 Å². The fourth-order valence-corrected chi connectivity index (χ4v) is 5.04. The number of rotatable bonds is 5. The molecule has 8 heteroatoms. The molecule has 0 unspecified atom stereocenters. The van der Waals surface area contributed by atoms with Gasteiger partial charge in [-0.15, -0.1) is 0 Å². The van der Waals surface area contributed by atoms with E-state index in [-0.39, 0.29) is 29.1 Å². The molecule has 0 aliphatic carbocycles. The van der Waals surface area contributed by atoms with Gasteiger partial charge in [0, 0.05) is 23.5 Å². The van der Waals surface area contributed by atoms with Crippen molar-refractivity contribution in [2.75, 3.05) is 18.1 Å². The van der Waals surface area contributed by atoms with Crippen molar-refractivity contribution in [3.05, 3.63) is 36.0 Å². The van der Waals surface area contributed by atoms with E-state index >= 15 is 0 Å². The summed E-state index contributed by atoms with van der Waals surface area (Å²) in [5.74, 6) is -0.934. The molecule has 1 aromatic heterocycles. The van der Waals surface area contributed by atoms with Gasteiger partial charge in [0.1, 0.15) is 5.69 Å². The summed E-state index contributed by atoms with van der Waals surface area (Å²) in [6, 6.07) is 8.76. The number of aromatic amines is 1. The second-order valence-electron chi connectivity index (χ2n) is 6.50. The van der Waals surface area contributed by atoms with Gasteiger partial charge >= 0.3 is 5.97 Å². The van der Waals surface area contributed by atoms with Crippen molar-refractivity contribution in [1.29, 1.82) is 0 Å². The summed E-state index contributed by atoms with van der Waals surface area (Å²) in [4.78, 5) is 29.5. The van der Waals surface area contributed by atoms with Crippen LogP contribution in [0.1, 0.15) is 30.8 Å². The Morgan fingerprint density at radius 1 is 1.35 bits per heavy atom. The molecule has 1 N–H and O–H groups in total. The van der Waals surface area contributed by atoms with Crippen LogP contribution in [-0.2, 0) is 19.4 Å². The highest BCUT2D eigenvalue weighted by molar-refractivity contribution is 7.91. The first-order valence-corrected chi connectivity index (χ1v) is 10.4. The minimum atomic E-state index is -3.10. The fourth-order valence-electron chi connectivity index (χ4n) is 3.31. The van der Waals surface area contributed by atoms with Gasteiger partial charge in [-0.1, -0.05) is 18.2 Å². The highest BCUT2D eigenvalue weighted by Crippen LogP contribution is 2.20. The van der Waals surface area contributed by atoms with Gasteiger partial charge in [-0.2, -0.15) is 0 Å². The third-order valence-electron chi connectivity index (χ3n) is 4.65. The van der Waals surface area contributed by atoms with E-state index in [2.05, 4.69) is 4.98 Å². The number of esters is 1. The predicted octanol–water partition coefficient (Wildman–Crippen LogP) is 1.75. The van der Waals surface area contributed by atoms with Crippen LogP contribution in [0.25, 0.3) is 10.9 Å². The second kappa shape index (κ2) is 7.11. The topological polar surface area (TPSA) is 96.5 Å². The number of ether oxygens (including phenoxy) is 1. The molecule has 7 nitrogen and oxygen atoms in total. The number of aromatic nitrogens is 1. The number of fused-ring (bicyclic) bond motifs is 1. The summed E-state index contributed by atoms with van der Waals surface area (Å²) in [6.07, 6.45) is -0.568. The van der Waals surface area contributed by atoms with Crippen molar-refractivity contribution < 1.29 is 22.7 Å². The maximum absolute atomic E-state index is 12.7. The lowest BCUT2D eigenvalue weighted by Crippen LogP contribution is -2.46. The second-order valence-corrected chi connectivity index (χ2v) is 8.73. The molecule has 0 saturated carbocycles. The van der Waals surface area contributed by atoms with Gasteiger partial charge in [-0.3, -0.25) is 4.79 Å². The summed E-state index contributed by atoms with van der Waals surface area (Å²) in [6.45, 7) is 3.66. The number of para-hydroxylation sites is 1. The third kappa shape index (κ3) is 3.75. The lowest BCUT2D eigenvalue weighted by atomic mass is 10.2. The molecule has 0 spiro atoms. The minimum absolute atomic E-state index is 0.0325. The van der Waals surface area contributed by atoms with Crippen LogP contribution >= 0.6 is 0 Å². The smallest absolute Gasteiger partial charge is 0.355 e. The van der Waals surface area contributed by atoms with E-state index in [9.17, 15) is 18.0 Å². The zero-order valence-electron chi connectivity index (χ0n) is 14.8. The quantitative estimate of drug-likeness (QED) is 0.800. The Morgan fingerprint density at radius 2 is 2.08 bits per heavy atom. The van der Waals surface area contributed by atoms with Crippen LogP contribution in [0.3, 0.4) is 0 Å². The number of carbonyl (C=O) groups is 2. The molecular formula is C18H22N2O5S. The molecule has 1 amide bonds. The fraction of sp³-hybridized carbons (Fsp3) is 0.444. The Kier molecular flexibility index (Phi) is 5.04. The lowest BCUT2D eigenvalue weighted by molar-refractivity contribution is -0.141. The Morgan fingerprint density at radius 3 is 2.69 bits per heavy atom. The maximum Gasteiger partial charge on any atom is 0.355 e. The molecule has 26 heavy (non-hydrogen) atoms. The first-order chi connectivity index (χ1) is 12.3. The van der Waals surface area contributed by atoms with E-state index in [4.69, 9.17) is 4.74 Å². The molecular weight excluding hydrogens is 356 g/mol. The molecule has 0 bridgehead atoms. The highest BCUT2D eigenvalue weighted by Gasteiger charge is 2.36. The van der Waals surface area contributed by atoms with Crippen LogP contribution in [0.4, 0.5) is 0 Å². The third-order valence-corrected chi connectivity index (χ3v) is 6.40. The van der Waals surface area contributed by atoms with Crippen molar-refractivity contribution in [2.24, 2.45) is 0 Å². The summed E-state index contributed by atoms with van der Waals surface area (Å²) in [7, 11) is -3.10. The highest BCUT2D eigenvalue weighted by atomic mass is 32.2. The molecule has 1 aliphatic rings. The Balaban J connectivity index is 1.68. The van der Waals surface area contributed by atoms with Crippen molar-refractivity contribution in [3.8, 4) is 0 Å². The summed E-state index contributed by atoms with van der Waals surface area (Å²) < 4.78 is 28.7. The molecule has 2 atom stereocenters. The van der Waals surface area contributed by atoms with E-state index in [1.54, 1.807) is 13.0 Å². The Labute approximate surface area is 152 Å². The number of carbonyl (C=O) groups excluding carboxylic acids is 2. The standard InChI is InChI=1S/C18H22N2O5S/c1-3-20(14-8-9-26(23,24)11-14)17(21)12(2)25-18(22)16-10-13-6-4-5-7-15(13)19-16/h4-7,10,12,14,19H,3,8-9,11H2,1-2H3/t12-,14-/m0/s1. The molecule has 1 saturated heterocycles. The van der Waals surface area contributed by atoms with Crippen LogP contribution in [0.2, 0.25) is 0 Å². The van der Waals surface area contributed by atoms with Crippen molar-refractivity contribution in [3.63, 3.8) is 0 Å². The number of benzene rings is 1. The number of H-pyrrole nitrogens is 1. The van der Waals surface area contributed by atoms with E-state index < -0.39 is 21.9 Å². The van der Waals surface area contributed by atoms with Crippen LogP contribution < -0.4 is 0 Å². The number of hydrogen-bond acceptors (Lipinski definition) is 5. The molecule has 3 rings (SSSR count). The van der Waals surface area contributed by atoms with Crippen LogP contribution in [0.5, 0.6) is 0 Å². The van der Waals surface area contributed by atoms with Crippen molar-refractivity contribution >= 4 is 32.6 Å². The van der Waals surface area contributed by atoms with Gasteiger partial charge in [0.15, 0.2) is 15.9 Å². The minimum Gasteiger partial charge on any atom is -0.448 e. The molecule has 1 aliphatic heterocycles. The van der Waals surface area contributed by atoms with Gasteiger partial charge in [-0.25, -0.2) is 13.2 Å². The number of nitrogens with zero attached hydrogens (tertiary/aromatic N) is 1. The van der Waals surface area contributed by atoms with Crippen LogP contribution in [0.15, 0.2) is 30.3 Å². The van der Waals surface area contributed by atoms with Crippen LogP contribution in [0, 0.1) is 0 Å². The SMILES string of the molecule is CCN(C(=O)[C@H](C)OC(=O)c1cc2ccccc2[nH]1)[C@H]1CCS(=O)(=O)C1. The first-order valence-electron chi connectivity index (χ1n) is 8.60. The average molecular weight is 378 g/mol.